The summed E-state index contributed by atoms with van der Waals surface area (Å²) in [6, 6.07) is 15.7. The third-order valence-electron chi connectivity index (χ3n) is 5.57. The van der Waals surface area contributed by atoms with Crippen molar-refractivity contribution in [3.63, 3.8) is 0 Å². The standard InChI is InChI=1S/C28H27N3O5S/c1-5-34-27(33)24-18(4)30-28-31(25(24)21-8-6-7-9-22(21)36-17(2)3)26(32)23(37-28)16-19-10-12-20(13-11-19)35-15-14-29/h6-13,16-17,25H,5,15H2,1-4H3/b23-16+/t25-/m1/s1. The minimum absolute atomic E-state index is 0.0396. The Morgan fingerprint density at radius 2 is 1.95 bits per heavy atom. The lowest BCUT2D eigenvalue weighted by molar-refractivity contribution is -0.139. The van der Waals surface area contributed by atoms with Crippen LogP contribution in [0.25, 0.3) is 6.08 Å². The van der Waals surface area contributed by atoms with Gasteiger partial charge < -0.3 is 14.2 Å². The number of hydrogen-bond donors (Lipinski definition) is 0. The molecule has 0 saturated heterocycles. The first-order valence-electron chi connectivity index (χ1n) is 11.9. The van der Waals surface area contributed by atoms with Crippen LogP contribution in [0.3, 0.4) is 0 Å². The molecular weight excluding hydrogens is 490 g/mol. The molecule has 0 spiro atoms. The molecule has 2 heterocycles. The maximum absolute atomic E-state index is 13.8. The molecule has 0 N–H and O–H groups in total. The molecule has 9 heteroatoms. The molecule has 1 aromatic heterocycles. The van der Waals surface area contributed by atoms with Gasteiger partial charge in [-0.1, -0.05) is 41.7 Å². The van der Waals surface area contributed by atoms with E-state index in [4.69, 9.17) is 19.5 Å². The van der Waals surface area contributed by atoms with Crippen LogP contribution in [0.4, 0.5) is 0 Å². The molecule has 0 unspecified atom stereocenters. The lowest BCUT2D eigenvalue weighted by Gasteiger charge is -2.26. The summed E-state index contributed by atoms with van der Waals surface area (Å²) in [5.74, 6) is 0.633. The molecule has 1 aliphatic rings. The van der Waals surface area contributed by atoms with Crippen molar-refractivity contribution >= 4 is 23.4 Å². The highest BCUT2D eigenvalue weighted by Crippen LogP contribution is 2.36. The van der Waals surface area contributed by atoms with Crippen LogP contribution < -0.4 is 24.4 Å². The van der Waals surface area contributed by atoms with Crippen LogP contribution in [0.1, 0.15) is 44.9 Å². The Bertz CT molecular complexity index is 1560. The van der Waals surface area contributed by atoms with E-state index in [9.17, 15) is 9.59 Å². The number of fused-ring (bicyclic) bond motifs is 1. The topological polar surface area (TPSA) is 103 Å². The van der Waals surface area contributed by atoms with Crippen molar-refractivity contribution in [2.24, 2.45) is 4.99 Å². The van der Waals surface area contributed by atoms with E-state index < -0.39 is 12.0 Å². The van der Waals surface area contributed by atoms with E-state index in [0.717, 1.165) is 5.56 Å². The molecule has 190 valence electrons. The molecule has 1 aliphatic heterocycles. The van der Waals surface area contributed by atoms with Crippen molar-refractivity contribution in [3.8, 4) is 17.6 Å². The Morgan fingerprint density at radius 1 is 1.22 bits per heavy atom. The molecule has 1 atom stereocenters. The number of nitriles is 1. The van der Waals surface area contributed by atoms with Crippen molar-refractivity contribution in [2.45, 2.75) is 39.8 Å². The highest BCUT2D eigenvalue weighted by Gasteiger charge is 2.35. The zero-order chi connectivity index (χ0) is 26.5. The van der Waals surface area contributed by atoms with E-state index in [1.165, 1.54) is 11.3 Å². The summed E-state index contributed by atoms with van der Waals surface area (Å²) >= 11 is 1.25. The highest BCUT2D eigenvalue weighted by atomic mass is 32.1. The van der Waals surface area contributed by atoms with Crippen LogP contribution in [-0.2, 0) is 9.53 Å². The lowest BCUT2D eigenvalue weighted by atomic mass is 9.95. The highest BCUT2D eigenvalue weighted by molar-refractivity contribution is 7.07. The fourth-order valence-corrected chi connectivity index (χ4v) is 5.13. The fraction of sp³-hybridized carbons (Fsp3) is 0.286. The van der Waals surface area contributed by atoms with Crippen LogP contribution in [0.5, 0.6) is 11.5 Å². The monoisotopic (exact) mass is 517 g/mol. The number of carbonyl (C=O) groups is 1. The summed E-state index contributed by atoms with van der Waals surface area (Å²) < 4.78 is 18.7. The smallest absolute Gasteiger partial charge is 0.338 e. The van der Waals surface area contributed by atoms with Gasteiger partial charge in [0.15, 0.2) is 11.4 Å². The molecule has 0 aliphatic carbocycles. The summed E-state index contributed by atoms with van der Waals surface area (Å²) in [5.41, 5.74) is 2.00. The Kier molecular flexibility index (Phi) is 7.89. The SMILES string of the molecule is CCOC(=O)C1=C(C)N=c2s/c(=C/c3ccc(OCC#N)cc3)c(=O)n2[C@@H]1c1ccccc1OC(C)C. The molecule has 37 heavy (non-hydrogen) atoms. The van der Waals surface area contributed by atoms with Gasteiger partial charge in [-0.05, 0) is 57.5 Å². The molecule has 0 bridgehead atoms. The zero-order valence-electron chi connectivity index (χ0n) is 21.1. The number of para-hydroxylation sites is 1. The van der Waals surface area contributed by atoms with Crippen molar-refractivity contribution in [1.82, 2.24) is 4.57 Å². The second-order valence-corrected chi connectivity index (χ2v) is 9.53. The largest absolute Gasteiger partial charge is 0.491 e. The number of esters is 1. The number of allylic oxidation sites excluding steroid dienone is 1. The normalized spacial score (nSPS) is 15.1. The molecular formula is C28H27N3O5S. The number of nitrogens with zero attached hydrogens (tertiary/aromatic N) is 3. The van der Waals surface area contributed by atoms with Crippen LogP contribution in [-0.4, -0.2) is 29.9 Å². The fourth-order valence-electron chi connectivity index (χ4n) is 4.08. The summed E-state index contributed by atoms with van der Waals surface area (Å²) in [6.45, 7) is 7.50. The Hall–Kier alpha value is -4.16. The van der Waals surface area contributed by atoms with E-state index in [0.29, 0.717) is 37.7 Å². The van der Waals surface area contributed by atoms with Gasteiger partial charge >= 0.3 is 5.97 Å². The third-order valence-corrected chi connectivity index (χ3v) is 6.56. The minimum Gasteiger partial charge on any atom is -0.491 e. The number of benzene rings is 2. The number of aromatic nitrogens is 1. The van der Waals surface area contributed by atoms with Crippen LogP contribution in [0, 0.1) is 11.3 Å². The first-order valence-corrected chi connectivity index (χ1v) is 12.7. The Morgan fingerprint density at radius 3 is 2.62 bits per heavy atom. The molecule has 8 nitrogen and oxygen atoms in total. The van der Waals surface area contributed by atoms with E-state index in [1.54, 1.807) is 36.6 Å². The van der Waals surface area contributed by atoms with Gasteiger partial charge in [0.05, 0.1) is 28.5 Å². The molecule has 0 radical (unpaired) electrons. The van der Waals surface area contributed by atoms with Crippen LogP contribution in [0.2, 0.25) is 0 Å². The molecule has 3 aromatic rings. The van der Waals surface area contributed by atoms with Gasteiger partial charge in [-0.2, -0.15) is 5.26 Å². The second-order valence-electron chi connectivity index (χ2n) is 8.52. The average Bonchev–Trinajstić information content (AvgIpc) is 3.17. The molecule has 0 fully saturated rings. The van der Waals surface area contributed by atoms with E-state index in [2.05, 4.69) is 4.99 Å². The zero-order valence-corrected chi connectivity index (χ0v) is 21.9. The molecule has 2 aromatic carbocycles. The number of ether oxygens (including phenoxy) is 3. The van der Waals surface area contributed by atoms with Crippen LogP contribution >= 0.6 is 11.3 Å². The van der Waals surface area contributed by atoms with Gasteiger partial charge in [-0.25, -0.2) is 9.79 Å². The van der Waals surface area contributed by atoms with Crippen molar-refractivity contribution in [2.75, 3.05) is 13.2 Å². The maximum Gasteiger partial charge on any atom is 0.338 e. The van der Waals surface area contributed by atoms with Crippen molar-refractivity contribution < 1.29 is 19.0 Å². The summed E-state index contributed by atoms with van der Waals surface area (Å²) in [6.07, 6.45) is 1.67. The molecule has 0 amide bonds. The quantitative estimate of drug-likeness (QED) is 0.424. The van der Waals surface area contributed by atoms with Gasteiger partial charge in [0.1, 0.15) is 23.6 Å². The van der Waals surface area contributed by atoms with Gasteiger partial charge in [0.25, 0.3) is 5.56 Å². The van der Waals surface area contributed by atoms with E-state index in [1.807, 2.05) is 56.3 Å². The first-order chi connectivity index (χ1) is 17.8. The van der Waals surface area contributed by atoms with Crippen LogP contribution in [0.15, 0.2) is 69.6 Å². The van der Waals surface area contributed by atoms with Crippen molar-refractivity contribution in [1.29, 1.82) is 5.26 Å². The number of rotatable bonds is 8. The average molecular weight is 518 g/mol. The minimum atomic E-state index is -0.755. The second kappa shape index (κ2) is 11.3. The van der Waals surface area contributed by atoms with Gasteiger partial charge in [0.2, 0.25) is 0 Å². The lowest BCUT2D eigenvalue weighted by Crippen LogP contribution is -2.40. The summed E-state index contributed by atoms with van der Waals surface area (Å²) in [4.78, 5) is 32.0. The number of carbonyl (C=O) groups excluding carboxylic acids is 1. The van der Waals surface area contributed by atoms with Gasteiger partial charge in [-0.3, -0.25) is 9.36 Å². The Labute approximate surface area is 218 Å². The predicted molar refractivity (Wildman–Crippen MR) is 140 cm³/mol. The molecule has 4 rings (SSSR count). The Balaban J connectivity index is 1.89. The van der Waals surface area contributed by atoms with Gasteiger partial charge in [0, 0.05) is 5.56 Å². The summed E-state index contributed by atoms with van der Waals surface area (Å²) in [7, 11) is 0. The van der Waals surface area contributed by atoms with Gasteiger partial charge in [-0.15, -0.1) is 0 Å². The maximum atomic E-state index is 13.8. The number of thiazole rings is 1. The predicted octanol–water partition coefficient (Wildman–Crippen LogP) is 3.49. The summed E-state index contributed by atoms with van der Waals surface area (Å²) in [5, 5.41) is 8.69. The van der Waals surface area contributed by atoms with E-state index >= 15 is 0 Å². The van der Waals surface area contributed by atoms with E-state index in [-0.39, 0.29) is 24.9 Å². The third kappa shape index (κ3) is 5.49. The number of hydrogen-bond acceptors (Lipinski definition) is 8. The van der Waals surface area contributed by atoms with Crippen molar-refractivity contribution in [3.05, 3.63) is 90.6 Å². The molecule has 0 saturated carbocycles. The first kappa shape index (κ1) is 25.9.